The Morgan fingerprint density at radius 3 is 3.00 bits per heavy atom. The molecule has 1 saturated carbocycles. The molecule has 1 aliphatic rings. The van der Waals surface area contributed by atoms with Gasteiger partial charge in [0, 0.05) is 12.2 Å². The van der Waals surface area contributed by atoms with E-state index in [1.165, 1.54) is 12.8 Å². The number of anilines is 1. The van der Waals surface area contributed by atoms with Gasteiger partial charge in [-0.1, -0.05) is 6.92 Å². The number of nitrogens with zero attached hydrogens (tertiary/aromatic N) is 1. The second-order valence-corrected chi connectivity index (χ2v) is 4.20. The molecule has 3 nitrogen and oxygen atoms in total. The van der Waals surface area contributed by atoms with Gasteiger partial charge in [-0.2, -0.15) is 0 Å². The highest BCUT2D eigenvalue weighted by Crippen LogP contribution is 2.31. The number of ether oxygens (including phenoxy) is 1. The second kappa shape index (κ2) is 4.51. The van der Waals surface area contributed by atoms with Crippen LogP contribution in [0.3, 0.4) is 0 Å². The van der Waals surface area contributed by atoms with E-state index < -0.39 is 0 Å². The third kappa shape index (κ3) is 2.41. The van der Waals surface area contributed by atoms with Crippen molar-refractivity contribution in [2.75, 3.05) is 11.9 Å². The SMILES string of the molecule is CCOc1cccnc1NC1CC(C)C1. The van der Waals surface area contributed by atoms with Gasteiger partial charge in [0.2, 0.25) is 0 Å². The molecule has 1 aromatic rings. The summed E-state index contributed by atoms with van der Waals surface area (Å²) in [6.07, 6.45) is 4.28. The van der Waals surface area contributed by atoms with E-state index in [9.17, 15) is 0 Å². The summed E-state index contributed by atoms with van der Waals surface area (Å²) in [6.45, 7) is 4.95. The van der Waals surface area contributed by atoms with Gasteiger partial charge < -0.3 is 10.1 Å². The Hall–Kier alpha value is -1.25. The van der Waals surface area contributed by atoms with Gasteiger partial charge in [-0.3, -0.25) is 0 Å². The molecule has 2 rings (SSSR count). The second-order valence-electron chi connectivity index (χ2n) is 4.20. The predicted octanol–water partition coefficient (Wildman–Crippen LogP) is 2.69. The van der Waals surface area contributed by atoms with Gasteiger partial charge >= 0.3 is 0 Å². The fourth-order valence-electron chi connectivity index (χ4n) is 1.98. The van der Waals surface area contributed by atoms with Crippen molar-refractivity contribution in [1.29, 1.82) is 0 Å². The molecule has 1 fully saturated rings. The van der Waals surface area contributed by atoms with Crippen LogP contribution in [0.2, 0.25) is 0 Å². The minimum atomic E-state index is 0.578. The van der Waals surface area contributed by atoms with Crippen LogP contribution in [-0.2, 0) is 0 Å². The molecule has 0 saturated heterocycles. The normalized spacial score (nSPS) is 24.4. The topological polar surface area (TPSA) is 34.1 Å². The zero-order valence-electron chi connectivity index (χ0n) is 9.36. The van der Waals surface area contributed by atoms with E-state index in [2.05, 4.69) is 17.2 Å². The van der Waals surface area contributed by atoms with Crippen LogP contribution in [-0.4, -0.2) is 17.6 Å². The molecule has 82 valence electrons. The van der Waals surface area contributed by atoms with E-state index in [1.54, 1.807) is 6.20 Å². The third-order valence-corrected chi connectivity index (χ3v) is 2.79. The van der Waals surface area contributed by atoms with Crippen LogP contribution in [0.25, 0.3) is 0 Å². The average Bonchev–Trinajstić information content (AvgIpc) is 2.19. The molecule has 0 bridgehead atoms. The Balaban J connectivity index is 2.00. The van der Waals surface area contributed by atoms with E-state index in [4.69, 9.17) is 4.74 Å². The van der Waals surface area contributed by atoms with Crippen molar-refractivity contribution in [2.24, 2.45) is 5.92 Å². The number of hydrogen-bond donors (Lipinski definition) is 1. The van der Waals surface area contributed by atoms with E-state index in [1.807, 2.05) is 19.1 Å². The summed E-state index contributed by atoms with van der Waals surface area (Å²) in [5, 5.41) is 3.43. The Labute approximate surface area is 90.9 Å². The Kier molecular flexibility index (Phi) is 3.09. The molecular weight excluding hydrogens is 188 g/mol. The Morgan fingerprint density at radius 1 is 1.53 bits per heavy atom. The minimum Gasteiger partial charge on any atom is -0.490 e. The van der Waals surface area contributed by atoms with Crippen molar-refractivity contribution in [3.05, 3.63) is 18.3 Å². The largest absolute Gasteiger partial charge is 0.490 e. The molecule has 0 radical (unpaired) electrons. The van der Waals surface area contributed by atoms with Gasteiger partial charge in [-0.15, -0.1) is 0 Å². The van der Waals surface area contributed by atoms with E-state index in [-0.39, 0.29) is 0 Å². The summed E-state index contributed by atoms with van der Waals surface area (Å²) in [4.78, 5) is 4.31. The number of nitrogens with one attached hydrogen (secondary N) is 1. The number of aromatic nitrogens is 1. The fraction of sp³-hybridized carbons (Fsp3) is 0.583. The summed E-state index contributed by atoms with van der Waals surface area (Å²) < 4.78 is 5.51. The van der Waals surface area contributed by atoms with Gasteiger partial charge in [0.15, 0.2) is 11.6 Å². The first-order chi connectivity index (χ1) is 7.29. The Bertz CT molecular complexity index is 321. The summed E-state index contributed by atoms with van der Waals surface area (Å²) in [5.41, 5.74) is 0. The highest BCUT2D eigenvalue weighted by atomic mass is 16.5. The maximum atomic E-state index is 5.51. The van der Waals surface area contributed by atoms with E-state index in [0.29, 0.717) is 12.6 Å². The molecule has 1 aliphatic carbocycles. The fourth-order valence-corrected chi connectivity index (χ4v) is 1.98. The molecule has 0 aliphatic heterocycles. The molecule has 0 aromatic carbocycles. The predicted molar refractivity (Wildman–Crippen MR) is 61.2 cm³/mol. The molecule has 15 heavy (non-hydrogen) atoms. The van der Waals surface area contributed by atoms with E-state index in [0.717, 1.165) is 17.5 Å². The lowest BCUT2D eigenvalue weighted by Crippen LogP contribution is -2.34. The minimum absolute atomic E-state index is 0.578. The van der Waals surface area contributed by atoms with Crippen molar-refractivity contribution in [3.8, 4) is 5.75 Å². The lowest BCUT2D eigenvalue weighted by atomic mass is 9.82. The summed E-state index contributed by atoms with van der Waals surface area (Å²) in [5.74, 6) is 2.59. The van der Waals surface area contributed by atoms with Crippen LogP contribution in [0.5, 0.6) is 5.75 Å². The number of hydrogen-bond acceptors (Lipinski definition) is 3. The van der Waals surface area contributed by atoms with Crippen LogP contribution in [0.4, 0.5) is 5.82 Å². The van der Waals surface area contributed by atoms with Crippen LogP contribution < -0.4 is 10.1 Å². The van der Waals surface area contributed by atoms with Crippen LogP contribution >= 0.6 is 0 Å². The number of rotatable bonds is 4. The molecule has 0 spiro atoms. The monoisotopic (exact) mass is 206 g/mol. The Morgan fingerprint density at radius 2 is 2.33 bits per heavy atom. The van der Waals surface area contributed by atoms with Crippen molar-refractivity contribution in [3.63, 3.8) is 0 Å². The maximum Gasteiger partial charge on any atom is 0.168 e. The average molecular weight is 206 g/mol. The molecule has 3 heteroatoms. The molecule has 1 N–H and O–H groups in total. The summed E-state index contributed by atoms with van der Waals surface area (Å²) in [7, 11) is 0. The molecular formula is C12H18N2O. The molecule has 0 amide bonds. The molecule has 1 heterocycles. The lowest BCUT2D eigenvalue weighted by Gasteiger charge is -2.33. The van der Waals surface area contributed by atoms with Gasteiger partial charge in [-0.05, 0) is 37.8 Å². The molecule has 0 atom stereocenters. The summed E-state index contributed by atoms with van der Waals surface area (Å²) in [6, 6.07) is 4.44. The first-order valence-electron chi connectivity index (χ1n) is 5.64. The van der Waals surface area contributed by atoms with E-state index >= 15 is 0 Å². The summed E-state index contributed by atoms with van der Waals surface area (Å²) >= 11 is 0. The zero-order valence-corrected chi connectivity index (χ0v) is 9.36. The van der Waals surface area contributed by atoms with Crippen molar-refractivity contribution < 1.29 is 4.74 Å². The smallest absolute Gasteiger partial charge is 0.168 e. The quantitative estimate of drug-likeness (QED) is 0.822. The van der Waals surface area contributed by atoms with Crippen molar-refractivity contribution in [1.82, 2.24) is 4.98 Å². The maximum absolute atomic E-state index is 5.51. The lowest BCUT2D eigenvalue weighted by molar-refractivity contribution is 0.304. The zero-order chi connectivity index (χ0) is 10.7. The van der Waals surface area contributed by atoms with Crippen molar-refractivity contribution >= 4 is 5.82 Å². The number of pyridine rings is 1. The highest BCUT2D eigenvalue weighted by molar-refractivity contribution is 5.50. The third-order valence-electron chi connectivity index (χ3n) is 2.79. The van der Waals surface area contributed by atoms with Crippen LogP contribution in [0, 0.1) is 5.92 Å². The van der Waals surface area contributed by atoms with Crippen LogP contribution in [0.1, 0.15) is 26.7 Å². The van der Waals surface area contributed by atoms with Crippen LogP contribution in [0.15, 0.2) is 18.3 Å². The first-order valence-corrected chi connectivity index (χ1v) is 5.64. The molecule has 1 aromatic heterocycles. The van der Waals surface area contributed by atoms with Gasteiger partial charge in [0.25, 0.3) is 0 Å². The van der Waals surface area contributed by atoms with Gasteiger partial charge in [-0.25, -0.2) is 4.98 Å². The standard InChI is InChI=1S/C12H18N2O/c1-3-15-11-5-4-6-13-12(11)14-10-7-9(2)8-10/h4-6,9-10H,3,7-8H2,1-2H3,(H,13,14). The molecule has 0 unspecified atom stereocenters. The first kappa shape index (κ1) is 10.3. The van der Waals surface area contributed by atoms with Crippen molar-refractivity contribution in [2.45, 2.75) is 32.7 Å². The van der Waals surface area contributed by atoms with Gasteiger partial charge in [0.1, 0.15) is 0 Å². The van der Waals surface area contributed by atoms with Gasteiger partial charge in [0.05, 0.1) is 6.61 Å². The highest BCUT2D eigenvalue weighted by Gasteiger charge is 2.25.